The second kappa shape index (κ2) is 6.93. The molecule has 2 aromatic rings. The summed E-state index contributed by atoms with van der Waals surface area (Å²) in [6, 6.07) is 6.84. The highest BCUT2D eigenvalue weighted by atomic mass is 35.5. The van der Waals surface area contributed by atoms with Crippen molar-refractivity contribution in [1.29, 1.82) is 0 Å². The summed E-state index contributed by atoms with van der Waals surface area (Å²) in [5.74, 6) is -0.542. The smallest absolute Gasteiger partial charge is 0.279 e. The van der Waals surface area contributed by atoms with Gasteiger partial charge in [0.15, 0.2) is 0 Å². The van der Waals surface area contributed by atoms with E-state index in [4.69, 9.17) is 11.6 Å². The van der Waals surface area contributed by atoms with Crippen molar-refractivity contribution in [2.75, 3.05) is 6.54 Å². The second-order valence-electron chi connectivity index (χ2n) is 5.26. The number of hydrogen-bond acceptors (Lipinski definition) is 4. The predicted octanol–water partition coefficient (Wildman–Crippen LogP) is 1.51. The molecule has 7 heteroatoms. The monoisotopic (exact) mass is 335 g/mol. The summed E-state index contributed by atoms with van der Waals surface area (Å²) < 4.78 is 1.13. The number of aryl methyl sites for hydroxylation is 2. The SMILES string of the molecule is Cc1nn(C)c(=O)c(C(=O)NCC(O)c2ccccc2Cl)c1C. The molecule has 0 aliphatic carbocycles. The molecule has 1 aromatic carbocycles. The normalized spacial score (nSPS) is 12.0. The molecule has 23 heavy (non-hydrogen) atoms. The number of aromatic nitrogens is 2. The molecular weight excluding hydrogens is 318 g/mol. The third-order valence-electron chi connectivity index (χ3n) is 3.67. The van der Waals surface area contributed by atoms with Crippen LogP contribution in [-0.2, 0) is 7.05 Å². The Morgan fingerprint density at radius 2 is 2.04 bits per heavy atom. The highest BCUT2D eigenvalue weighted by Gasteiger charge is 2.19. The molecule has 1 aromatic heterocycles. The number of aliphatic hydroxyl groups is 1. The standard InChI is InChI=1S/C16H18ClN3O3/c1-9-10(2)19-20(3)16(23)14(9)15(22)18-8-13(21)11-6-4-5-7-12(11)17/h4-7,13,21H,8H2,1-3H3,(H,18,22). The Balaban J connectivity index is 2.18. The Labute approximate surface area is 138 Å². The second-order valence-corrected chi connectivity index (χ2v) is 5.67. The van der Waals surface area contributed by atoms with Gasteiger partial charge in [0.1, 0.15) is 5.56 Å². The number of aliphatic hydroxyl groups excluding tert-OH is 1. The number of rotatable bonds is 4. The van der Waals surface area contributed by atoms with Crippen molar-refractivity contribution in [3.63, 3.8) is 0 Å². The number of hydrogen-bond donors (Lipinski definition) is 2. The Bertz CT molecular complexity index is 802. The van der Waals surface area contributed by atoms with Crippen molar-refractivity contribution in [2.24, 2.45) is 7.05 Å². The van der Waals surface area contributed by atoms with Crippen LogP contribution in [-0.4, -0.2) is 27.3 Å². The summed E-state index contributed by atoms with van der Waals surface area (Å²) in [6.45, 7) is 3.35. The van der Waals surface area contributed by atoms with Gasteiger partial charge in [-0.3, -0.25) is 9.59 Å². The maximum absolute atomic E-state index is 12.3. The van der Waals surface area contributed by atoms with Crippen LogP contribution in [0.25, 0.3) is 0 Å². The van der Waals surface area contributed by atoms with Gasteiger partial charge in [0.2, 0.25) is 0 Å². The highest BCUT2D eigenvalue weighted by molar-refractivity contribution is 6.31. The minimum absolute atomic E-state index is 0.0337. The molecule has 0 saturated carbocycles. The number of benzene rings is 1. The molecule has 1 heterocycles. The van der Waals surface area contributed by atoms with Crippen molar-refractivity contribution in [2.45, 2.75) is 20.0 Å². The Hall–Kier alpha value is -2.18. The Morgan fingerprint density at radius 1 is 1.39 bits per heavy atom. The van der Waals surface area contributed by atoms with Crippen molar-refractivity contribution < 1.29 is 9.90 Å². The molecule has 0 aliphatic rings. The van der Waals surface area contributed by atoms with Gasteiger partial charge < -0.3 is 10.4 Å². The fraction of sp³-hybridized carbons (Fsp3) is 0.312. The van der Waals surface area contributed by atoms with Crippen LogP contribution in [0.1, 0.15) is 33.3 Å². The van der Waals surface area contributed by atoms with Crippen LogP contribution < -0.4 is 10.9 Å². The minimum Gasteiger partial charge on any atom is -0.387 e. The maximum atomic E-state index is 12.3. The van der Waals surface area contributed by atoms with Crippen LogP contribution in [0.4, 0.5) is 0 Å². The molecule has 0 fully saturated rings. The molecule has 1 amide bonds. The molecule has 1 atom stereocenters. The average molecular weight is 336 g/mol. The van der Waals surface area contributed by atoms with Crippen LogP contribution in [0.3, 0.4) is 0 Å². The van der Waals surface area contributed by atoms with Crippen molar-refractivity contribution >= 4 is 17.5 Å². The topological polar surface area (TPSA) is 84.2 Å². The summed E-state index contributed by atoms with van der Waals surface area (Å²) in [5.41, 5.74) is 1.20. The van der Waals surface area contributed by atoms with Gasteiger partial charge in [-0.1, -0.05) is 29.8 Å². The van der Waals surface area contributed by atoms with Gasteiger partial charge in [0.25, 0.3) is 11.5 Å². The van der Waals surface area contributed by atoms with E-state index in [0.717, 1.165) is 4.68 Å². The first-order valence-corrected chi connectivity index (χ1v) is 7.46. The number of amides is 1. The van der Waals surface area contributed by atoms with Gasteiger partial charge in [-0.05, 0) is 25.5 Å². The first-order valence-electron chi connectivity index (χ1n) is 7.08. The summed E-state index contributed by atoms with van der Waals surface area (Å²) in [7, 11) is 1.49. The molecule has 2 rings (SSSR count). The van der Waals surface area contributed by atoms with Crippen LogP contribution in [0, 0.1) is 13.8 Å². The first kappa shape index (κ1) is 17.2. The van der Waals surface area contributed by atoms with E-state index in [-0.39, 0.29) is 12.1 Å². The quantitative estimate of drug-likeness (QED) is 0.887. The molecule has 6 nitrogen and oxygen atoms in total. The molecule has 0 saturated heterocycles. The van der Waals surface area contributed by atoms with E-state index in [0.29, 0.717) is 21.8 Å². The lowest BCUT2D eigenvalue weighted by molar-refractivity contribution is 0.0913. The summed E-state index contributed by atoms with van der Waals surface area (Å²) >= 11 is 6.01. The van der Waals surface area contributed by atoms with Crippen molar-refractivity contribution in [1.82, 2.24) is 15.1 Å². The van der Waals surface area contributed by atoms with Gasteiger partial charge in [-0.15, -0.1) is 0 Å². The van der Waals surface area contributed by atoms with Crippen LogP contribution in [0.5, 0.6) is 0 Å². The van der Waals surface area contributed by atoms with E-state index >= 15 is 0 Å². The Morgan fingerprint density at radius 3 is 2.70 bits per heavy atom. The molecule has 0 aliphatic heterocycles. The number of halogens is 1. The van der Waals surface area contributed by atoms with Gasteiger partial charge in [0, 0.05) is 24.2 Å². The minimum atomic E-state index is -0.959. The lowest BCUT2D eigenvalue weighted by atomic mass is 10.1. The highest BCUT2D eigenvalue weighted by Crippen LogP contribution is 2.21. The van der Waals surface area contributed by atoms with Crippen LogP contribution in [0.2, 0.25) is 5.02 Å². The van der Waals surface area contributed by atoms with E-state index < -0.39 is 17.6 Å². The zero-order valence-electron chi connectivity index (χ0n) is 13.1. The zero-order chi connectivity index (χ0) is 17.1. The summed E-state index contributed by atoms with van der Waals surface area (Å²) in [4.78, 5) is 24.4. The third-order valence-corrected chi connectivity index (χ3v) is 4.02. The fourth-order valence-corrected chi connectivity index (χ4v) is 2.51. The fourth-order valence-electron chi connectivity index (χ4n) is 2.25. The van der Waals surface area contributed by atoms with E-state index in [1.54, 1.807) is 38.1 Å². The number of nitrogens with zero attached hydrogens (tertiary/aromatic N) is 2. The first-order chi connectivity index (χ1) is 10.8. The number of carbonyl (C=O) groups is 1. The van der Waals surface area contributed by atoms with Gasteiger partial charge in [-0.2, -0.15) is 5.10 Å². The zero-order valence-corrected chi connectivity index (χ0v) is 13.9. The molecule has 1 unspecified atom stereocenters. The molecule has 122 valence electrons. The van der Waals surface area contributed by atoms with E-state index in [2.05, 4.69) is 10.4 Å². The van der Waals surface area contributed by atoms with Crippen molar-refractivity contribution in [3.8, 4) is 0 Å². The molecule has 0 bridgehead atoms. The molecule has 2 N–H and O–H groups in total. The lowest BCUT2D eigenvalue weighted by Crippen LogP contribution is -2.36. The third kappa shape index (κ3) is 3.60. The molecule has 0 spiro atoms. The van der Waals surface area contributed by atoms with Crippen LogP contribution in [0.15, 0.2) is 29.1 Å². The largest absolute Gasteiger partial charge is 0.387 e. The van der Waals surface area contributed by atoms with E-state index in [1.807, 2.05) is 0 Å². The Kier molecular flexibility index (Phi) is 5.18. The van der Waals surface area contributed by atoms with Gasteiger partial charge in [-0.25, -0.2) is 4.68 Å². The maximum Gasteiger partial charge on any atom is 0.279 e. The van der Waals surface area contributed by atoms with Gasteiger partial charge in [0.05, 0.1) is 11.8 Å². The van der Waals surface area contributed by atoms with E-state index in [1.165, 1.54) is 7.05 Å². The summed E-state index contributed by atoms with van der Waals surface area (Å²) in [6.07, 6.45) is -0.959. The van der Waals surface area contributed by atoms with E-state index in [9.17, 15) is 14.7 Å². The number of carbonyl (C=O) groups excluding carboxylic acids is 1. The predicted molar refractivity (Wildman–Crippen MR) is 87.7 cm³/mol. The summed E-state index contributed by atoms with van der Waals surface area (Å²) in [5, 5.41) is 17.2. The average Bonchev–Trinajstić information content (AvgIpc) is 2.51. The number of nitrogens with one attached hydrogen (secondary N) is 1. The van der Waals surface area contributed by atoms with Gasteiger partial charge >= 0.3 is 0 Å². The molecular formula is C16H18ClN3O3. The van der Waals surface area contributed by atoms with Crippen molar-refractivity contribution in [3.05, 3.63) is 62.0 Å². The van der Waals surface area contributed by atoms with Crippen LogP contribution >= 0.6 is 11.6 Å². The lowest BCUT2D eigenvalue weighted by Gasteiger charge is -2.15. The molecule has 0 radical (unpaired) electrons.